The van der Waals surface area contributed by atoms with E-state index in [1.54, 1.807) is 36.4 Å². The van der Waals surface area contributed by atoms with Crippen molar-refractivity contribution >= 4 is 98.2 Å². The summed E-state index contributed by atoms with van der Waals surface area (Å²) in [5, 5.41) is 16.8. The Labute approximate surface area is 261 Å². The van der Waals surface area contributed by atoms with Gasteiger partial charge < -0.3 is 20.1 Å². The van der Waals surface area contributed by atoms with Crippen LogP contribution in [0.25, 0.3) is 12.2 Å². The van der Waals surface area contributed by atoms with Gasteiger partial charge in [-0.05, 0) is 59.7 Å². The number of nitro benzene ring substituents is 1. The number of nitro groups is 1. The quantitative estimate of drug-likeness (QED) is 0.0883. The van der Waals surface area contributed by atoms with Crippen LogP contribution in [0.3, 0.4) is 0 Å². The van der Waals surface area contributed by atoms with E-state index >= 15 is 0 Å². The van der Waals surface area contributed by atoms with E-state index in [1.807, 2.05) is 0 Å². The Morgan fingerprint density at radius 1 is 0.744 bits per heavy atom. The van der Waals surface area contributed by atoms with E-state index in [1.165, 1.54) is 30.3 Å². The van der Waals surface area contributed by atoms with Crippen molar-refractivity contribution in [3.63, 3.8) is 0 Å². The minimum absolute atomic E-state index is 0.109. The fourth-order valence-electron chi connectivity index (χ4n) is 3.72. The van der Waals surface area contributed by atoms with E-state index in [-0.39, 0.29) is 34.4 Å². The van der Waals surface area contributed by atoms with Gasteiger partial charge in [0.05, 0.1) is 20.3 Å². The first-order valence-corrected chi connectivity index (χ1v) is 14.4. The highest BCUT2D eigenvalue weighted by molar-refractivity contribution is 8.27. The molecule has 5 rings (SSSR count). The van der Waals surface area contributed by atoms with E-state index in [0.717, 1.165) is 35.7 Å². The number of thiocarbonyl (C=S) groups is 2. The molecule has 43 heavy (non-hydrogen) atoms. The highest BCUT2D eigenvalue weighted by Crippen LogP contribution is 2.29. The molecule has 0 aliphatic carbocycles. The Bertz CT molecular complexity index is 1800. The molecule has 0 atom stereocenters. The van der Waals surface area contributed by atoms with Crippen molar-refractivity contribution < 1.29 is 33.6 Å². The zero-order valence-electron chi connectivity index (χ0n) is 21.4. The maximum absolute atomic E-state index is 12.8. The zero-order chi connectivity index (χ0) is 30.7. The van der Waals surface area contributed by atoms with Crippen LogP contribution in [0.1, 0.15) is 31.8 Å². The van der Waals surface area contributed by atoms with Gasteiger partial charge in [-0.15, -0.1) is 0 Å². The second-order valence-corrected chi connectivity index (χ2v) is 12.0. The van der Waals surface area contributed by atoms with Crippen LogP contribution in [0.2, 0.25) is 0 Å². The molecule has 3 aromatic rings. The number of nitrogens with zero attached hydrogens (tertiary/aromatic N) is 1. The largest absolute Gasteiger partial charge is 0.423 e. The molecular weight excluding hydrogens is 635 g/mol. The number of hydrogen-bond donors (Lipinski definition) is 2. The monoisotopic (exact) mass is 649 g/mol. The molecule has 0 bridgehead atoms. The van der Waals surface area contributed by atoms with E-state index in [9.17, 15) is 29.3 Å². The van der Waals surface area contributed by atoms with Crippen LogP contribution in [0.4, 0.5) is 5.69 Å². The summed E-state index contributed by atoms with van der Waals surface area (Å²) in [6, 6.07) is 15.6. The average molecular weight is 650 g/mol. The number of carbonyl (C=O) groups is 4. The number of nitrogens with one attached hydrogen (secondary N) is 2. The molecule has 2 saturated heterocycles. The molecule has 2 heterocycles. The Morgan fingerprint density at radius 2 is 1.21 bits per heavy atom. The van der Waals surface area contributed by atoms with Crippen LogP contribution < -0.4 is 20.1 Å². The summed E-state index contributed by atoms with van der Waals surface area (Å²) in [6.45, 7) is 0. The molecular formula is C28H15N3O8S4. The Morgan fingerprint density at radius 3 is 1.63 bits per heavy atom. The summed E-state index contributed by atoms with van der Waals surface area (Å²) < 4.78 is 11.3. The zero-order valence-corrected chi connectivity index (χ0v) is 24.6. The number of amides is 2. The molecule has 2 N–H and O–H groups in total. The smallest absolute Gasteiger partial charge is 0.350 e. The third kappa shape index (κ3) is 7.21. The summed E-state index contributed by atoms with van der Waals surface area (Å²) in [6.07, 6.45) is 3.24. The highest BCUT2D eigenvalue weighted by atomic mass is 32.2. The molecule has 3 aromatic carbocycles. The second kappa shape index (κ2) is 12.7. The first-order valence-electron chi connectivity index (χ1n) is 12.0. The molecule has 0 spiro atoms. The Hall–Kier alpha value is -4.70. The maximum Gasteiger partial charge on any atom is 0.350 e. The Kier molecular flexibility index (Phi) is 8.77. The van der Waals surface area contributed by atoms with Gasteiger partial charge in [-0.2, -0.15) is 0 Å². The lowest BCUT2D eigenvalue weighted by Gasteiger charge is -2.08. The van der Waals surface area contributed by atoms with Crippen LogP contribution in [0, 0.1) is 10.1 Å². The van der Waals surface area contributed by atoms with E-state index < -0.39 is 22.5 Å². The normalized spacial score (nSPS) is 16.3. The maximum atomic E-state index is 12.8. The van der Waals surface area contributed by atoms with Gasteiger partial charge in [0, 0.05) is 6.07 Å². The van der Waals surface area contributed by atoms with Crippen LogP contribution in [-0.4, -0.2) is 37.3 Å². The molecule has 2 fully saturated rings. The van der Waals surface area contributed by atoms with Crippen molar-refractivity contribution in [1.29, 1.82) is 0 Å². The molecule has 2 aliphatic heterocycles. The van der Waals surface area contributed by atoms with Crippen LogP contribution in [-0.2, 0) is 9.59 Å². The fourth-order valence-corrected chi connectivity index (χ4v) is 5.81. The van der Waals surface area contributed by atoms with Gasteiger partial charge in [-0.1, -0.05) is 72.2 Å². The Balaban J connectivity index is 1.25. The van der Waals surface area contributed by atoms with Crippen LogP contribution >= 0.6 is 48.0 Å². The number of benzene rings is 3. The summed E-state index contributed by atoms with van der Waals surface area (Å²) in [5.74, 6) is -2.23. The SMILES string of the molecule is O=C1NC(=S)SC1=Cc1ccc(OC(=O)c2ccc(C(=O)Oc3ccc(C=C4SC(=S)NC4=O)cc3)c([N+](=O)[O-])c2)cc1. The van der Waals surface area contributed by atoms with E-state index in [0.29, 0.717) is 29.6 Å². The predicted octanol–water partition coefficient (Wildman–Crippen LogP) is 5.01. The van der Waals surface area contributed by atoms with Gasteiger partial charge in [0.15, 0.2) is 0 Å². The van der Waals surface area contributed by atoms with Crippen molar-refractivity contribution in [1.82, 2.24) is 10.6 Å². The summed E-state index contributed by atoms with van der Waals surface area (Å²) in [7, 11) is 0. The highest BCUT2D eigenvalue weighted by Gasteiger charge is 2.26. The lowest BCUT2D eigenvalue weighted by Crippen LogP contribution is -2.17. The van der Waals surface area contributed by atoms with Gasteiger partial charge in [0.2, 0.25) is 0 Å². The van der Waals surface area contributed by atoms with Gasteiger partial charge in [0.1, 0.15) is 25.7 Å². The molecule has 15 heteroatoms. The first-order chi connectivity index (χ1) is 20.5. The summed E-state index contributed by atoms with van der Waals surface area (Å²) >= 11 is 12.2. The van der Waals surface area contributed by atoms with Crippen molar-refractivity contribution in [2.45, 2.75) is 0 Å². The predicted molar refractivity (Wildman–Crippen MR) is 169 cm³/mol. The second-order valence-electron chi connectivity index (χ2n) is 8.61. The molecule has 0 unspecified atom stereocenters. The lowest BCUT2D eigenvalue weighted by molar-refractivity contribution is -0.385. The number of hydrogen-bond acceptors (Lipinski definition) is 12. The molecule has 11 nitrogen and oxygen atoms in total. The number of carbonyl (C=O) groups excluding carboxylic acids is 4. The van der Waals surface area contributed by atoms with Crippen molar-refractivity contribution in [2.75, 3.05) is 0 Å². The van der Waals surface area contributed by atoms with Crippen molar-refractivity contribution in [3.8, 4) is 11.5 Å². The summed E-state index contributed by atoms with van der Waals surface area (Å²) in [5.41, 5.74) is 0.136. The van der Waals surface area contributed by atoms with Crippen LogP contribution in [0.15, 0.2) is 76.5 Å². The van der Waals surface area contributed by atoms with Gasteiger partial charge in [0.25, 0.3) is 17.5 Å². The number of thioether (sulfide) groups is 2. The number of ether oxygens (including phenoxy) is 2. The van der Waals surface area contributed by atoms with E-state index in [4.69, 9.17) is 33.9 Å². The van der Waals surface area contributed by atoms with Gasteiger partial charge in [-0.25, -0.2) is 9.59 Å². The van der Waals surface area contributed by atoms with Gasteiger partial charge in [-0.3, -0.25) is 19.7 Å². The fraction of sp³-hybridized carbons (Fsp3) is 0. The minimum atomic E-state index is -1.01. The van der Waals surface area contributed by atoms with E-state index in [2.05, 4.69) is 10.6 Å². The molecule has 0 radical (unpaired) electrons. The van der Waals surface area contributed by atoms with Crippen LogP contribution in [0.5, 0.6) is 11.5 Å². The van der Waals surface area contributed by atoms with Crippen molar-refractivity contribution in [3.05, 3.63) is 109 Å². The minimum Gasteiger partial charge on any atom is -0.423 e. The molecule has 0 aromatic heterocycles. The van der Waals surface area contributed by atoms with Crippen molar-refractivity contribution in [2.24, 2.45) is 0 Å². The number of rotatable bonds is 7. The first kappa shape index (κ1) is 29.8. The molecule has 214 valence electrons. The van der Waals surface area contributed by atoms with Gasteiger partial charge >= 0.3 is 11.9 Å². The molecule has 0 saturated carbocycles. The number of esters is 2. The summed E-state index contributed by atoms with van der Waals surface area (Å²) in [4.78, 5) is 60.9. The molecule has 2 aliphatic rings. The standard InChI is InChI=1S/C28H15N3O8S4/c32-23-21(42-27(40)29-23)11-14-1-6-17(7-2-14)38-25(34)16-5-10-19(20(13-16)31(36)37)26(35)39-18-8-3-15(4-9-18)12-22-24(33)30-28(41)43-22/h1-13H,(H,29,32,40)(H,30,33,41). The third-order valence-corrected chi connectivity index (χ3v) is 8.04. The third-order valence-electron chi connectivity index (χ3n) is 5.71. The molecule has 2 amide bonds. The average Bonchev–Trinajstić information content (AvgIpc) is 3.47. The topological polar surface area (TPSA) is 154 Å². The lowest BCUT2D eigenvalue weighted by atomic mass is 10.1.